The summed E-state index contributed by atoms with van der Waals surface area (Å²) in [6.45, 7) is 1.34. The number of rotatable bonds is 16. The van der Waals surface area contributed by atoms with Gasteiger partial charge in [0.15, 0.2) is 5.82 Å². The van der Waals surface area contributed by atoms with E-state index in [2.05, 4.69) is 51.0 Å². The van der Waals surface area contributed by atoms with Crippen LogP contribution in [0.1, 0.15) is 21.7 Å². The fourth-order valence-corrected chi connectivity index (χ4v) is 4.56. The molecule has 5 N–H and O–H groups in total. The molecule has 1 amide bonds. The Bertz CT molecular complexity index is 2020. The molecule has 3 heterocycles. The van der Waals surface area contributed by atoms with E-state index in [1.165, 1.54) is 24.8 Å². The van der Waals surface area contributed by atoms with Gasteiger partial charge in [0.25, 0.3) is 11.5 Å². The highest BCUT2D eigenvalue weighted by atomic mass is 19.1. The largest absolute Gasteiger partial charge is 0.490 e. The van der Waals surface area contributed by atoms with Crippen molar-refractivity contribution in [1.29, 1.82) is 0 Å². The SMILES string of the molecule is O=C(NCc1cccc(OCCOc2ncn[nH]2)c1)c1nc2ccc(F)c(NCc3cccc(OCCOc4ncn[nH]4)c3)c2c(=O)[nH]1. The van der Waals surface area contributed by atoms with E-state index >= 15 is 0 Å². The maximum Gasteiger partial charge on any atom is 0.312 e. The van der Waals surface area contributed by atoms with E-state index in [1.807, 2.05) is 12.1 Å². The molecule has 17 heteroatoms. The highest BCUT2D eigenvalue weighted by Gasteiger charge is 2.17. The predicted octanol–water partition coefficient (Wildman–Crippen LogP) is 2.76. The third-order valence-electron chi connectivity index (χ3n) is 6.73. The van der Waals surface area contributed by atoms with Crippen LogP contribution in [0.15, 0.2) is 78.1 Å². The lowest BCUT2D eigenvalue weighted by Gasteiger charge is -2.13. The maximum absolute atomic E-state index is 15.0. The highest BCUT2D eigenvalue weighted by Crippen LogP contribution is 2.24. The van der Waals surface area contributed by atoms with Gasteiger partial charge in [0.1, 0.15) is 56.4 Å². The molecule has 16 nitrogen and oxygen atoms in total. The minimum absolute atomic E-state index is 0.0133. The molecule has 0 saturated carbocycles. The minimum atomic E-state index is -0.668. The number of H-pyrrole nitrogens is 3. The molecule has 0 radical (unpaired) electrons. The Morgan fingerprint density at radius 1 is 0.771 bits per heavy atom. The molecule has 48 heavy (non-hydrogen) atoms. The molecule has 0 saturated heterocycles. The molecule has 0 unspecified atom stereocenters. The van der Waals surface area contributed by atoms with Crippen LogP contribution in [0.3, 0.4) is 0 Å². The van der Waals surface area contributed by atoms with Gasteiger partial charge >= 0.3 is 12.0 Å². The highest BCUT2D eigenvalue weighted by molar-refractivity contribution is 5.95. The number of anilines is 1. The van der Waals surface area contributed by atoms with E-state index in [0.29, 0.717) is 23.5 Å². The number of carbonyl (C=O) groups is 1. The van der Waals surface area contributed by atoms with Gasteiger partial charge in [0.05, 0.1) is 16.6 Å². The molecule has 0 fully saturated rings. The van der Waals surface area contributed by atoms with Crippen LogP contribution in [-0.4, -0.2) is 72.7 Å². The molecule has 246 valence electrons. The molecule has 3 aromatic carbocycles. The summed E-state index contributed by atoms with van der Waals surface area (Å²) in [7, 11) is 0. The van der Waals surface area contributed by atoms with E-state index in [0.717, 1.165) is 11.1 Å². The van der Waals surface area contributed by atoms with Gasteiger partial charge in [-0.05, 0) is 47.5 Å². The summed E-state index contributed by atoms with van der Waals surface area (Å²) in [4.78, 5) is 40.6. The van der Waals surface area contributed by atoms with Gasteiger partial charge in [-0.3, -0.25) is 9.59 Å². The predicted molar refractivity (Wildman–Crippen MR) is 168 cm³/mol. The average molecular weight is 657 g/mol. The van der Waals surface area contributed by atoms with Gasteiger partial charge in [-0.15, -0.1) is 0 Å². The fourth-order valence-electron chi connectivity index (χ4n) is 4.56. The summed E-state index contributed by atoms with van der Waals surface area (Å²) in [6.07, 6.45) is 2.68. The third kappa shape index (κ3) is 8.19. The number of nitrogens with one attached hydrogen (secondary N) is 5. The Morgan fingerprint density at radius 2 is 1.38 bits per heavy atom. The van der Waals surface area contributed by atoms with Gasteiger partial charge in [-0.2, -0.15) is 20.2 Å². The van der Waals surface area contributed by atoms with Crippen LogP contribution in [-0.2, 0) is 13.1 Å². The van der Waals surface area contributed by atoms with E-state index in [4.69, 9.17) is 18.9 Å². The first-order chi connectivity index (χ1) is 23.5. The van der Waals surface area contributed by atoms with Gasteiger partial charge < -0.3 is 34.6 Å². The Hall–Kier alpha value is -6.52. The minimum Gasteiger partial charge on any atom is -0.490 e. The van der Waals surface area contributed by atoms with Crippen molar-refractivity contribution in [3.05, 3.63) is 106 Å². The second kappa shape index (κ2) is 15.2. The number of hydrogen-bond acceptors (Lipinski definition) is 12. The summed E-state index contributed by atoms with van der Waals surface area (Å²) in [6, 6.07) is 17.5. The third-order valence-corrected chi connectivity index (χ3v) is 6.73. The summed E-state index contributed by atoms with van der Waals surface area (Å²) < 4.78 is 37.1. The second-order valence-electron chi connectivity index (χ2n) is 10.0. The number of ether oxygens (including phenoxy) is 4. The second-order valence-corrected chi connectivity index (χ2v) is 10.0. The van der Waals surface area contributed by atoms with Crippen molar-refractivity contribution in [1.82, 2.24) is 45.6 Å². The lowest BCUT2D eigenvalue weighted by atomic mass is 10.1. The molecule has 6 rings (SSSR count). The summed E-state index contributed by atoms with van der Waals surface area (Å²) >= 11 is 0. The standard InChI is InChI=1S/C31H29FN10O6/c32-23-7-8-24-25(26(23)33-15-19-3-1-5-21(13-19)45-9-11-47-30-35-17-37-41-30)28(43)40-27(39-24)29(44)34-16-20-4-2-6-22(14-20)46-10-12-48-31-36-18-38-42-31/h1-8,13-14,17-18,33H,9-12,15-16H2,(H,34,44)(H,35,37,41)(H,36,38,42)(H,39,40,43). The molecule has 6 aromatic rings. The van der Waals surface area contributed by atoms with E-state index in [9.17, 15) is 14.0 Å². The van der Waals surface area contributed by atoms with Crippen LogP contribution in [0.4, 0.5) is 10.1 Å². The number of halogens is 1. The molecule has 0 aliphatic heterocycles. The first kappa shape index (κ1) is 31.5. The van der Waals surface area contributed by atoms with Crippen molar-refractivity contribution in [3.63, 3.8) is 0 Å². The maximum atomic E-state index is 15.0. The normalized spacial score (nSPS) is 10.9. The molecule has 0 spiro atoms. The molecular weight excluding hydrogens is 627 g/mol. The van der Waals surface area contributed by atoms with Gasteiger partial charge in [-0.25, -0.2) is 19.6 Å². The van der Waals surface area contributed by atoms with Crippen molar-refractivity contribution in [2.24, 2.45) is 0 Å². The zero-order valence-electron chi connectivity index (χ0n) is 25.2. The van der Waals surface area contributed by atoms with Crippen LogP contribution < -0.4 is 35.1 Å². The molecule has 0 atom stereocenters. The number of carbonyl (C=O) groups excluding carboxylic acids is 1. The molecule has 0 aliphatic carbocycles. The Morgan fingerprint density at radius 3 is 1.98 bits per heavy atom. The average Bonchev–Trinajstić information content (AvgIpc) is 3.83. The summed E-state index contributed by atoms with van der Waals surface area (Å²) in [5, 5.41) is 18.3. The van der Waals surface area contributed by atoms with E-state index in [-0.39, 0.29) is 61.9 Å². The van der Waals surface area contributed by atoms with Gasteiger partial charge in [0.2, 0.25) is 0 Å². The van der Waals surface area contributed by atoms with E-state index < -0.39 is 17.3 Å². The van der Waals surface area contributed by atoms with Crippen molar-refractivity contribution in [3.8, 4) is 23.5 Å². The quantitative estimate of drug-likeness (QED) is 0.0954. The molecular formula is C31H29FN10O6. The van der Waals surface area contributed by atoms with Crippen molar-refractivity contribution >= 4 is 22.5 Å². The zero-order chi connectivity index (χ0) is 33.1. The van der Waals surface area contributed by atoms with Crippen LogP contribution in [0.5, 0.6) is 23.5 Å². The number of hydrogen-bond donors (Lipinski definition) is 5. The van der Waals surface area contributed by atoms with Crippen LogP contribution in [0.25, 0.3) is 10.9 Å². The van der Waals surface area contributed by atoms with Crippen LogP contribution in [0, 0.1) is 5.82 Å². The Balaban J connectivity index is 1.04. The van der Waals surface area contributed by atoms with Crippen LogP contribution in [0.2, 0.25) is 0 Å². The summed E-state index contributed by atoms with van der Waals surface area (Å²) in [5.74, 6) is -0.301. The van der Waals surface area contributed by atoms with Crippen LogP contribution >= 0.6 is 0 Å². The molecule has 0 aliphatic rings. The first-order valence-corrected chi connectivity index (χ1v) is 14.7. The lowest BCUT2D eigenvalue weighted by molar-refractivity contribution is 0.0940. The van der Waals surface area contributed by atoms with Crippen molar-refractivity contribution < 1.29 is 28.1 Å². The number of benzene rings is 3. The van der Waals surface area contributed by atoms with Gasteiger partial charge in [0, 0.05) is 13.1 Å². The Kier molecular flexibility index (Phi) is 9.95. The number of aromatic amines is 3. The summed E-state index contributed by atoms with van der Waals surface area (Å²) in [5.41, 5.74) is 0.971. The Labute approximate surface area is 271 Å². The van der Waals surface area contributed by atoms with E-state index in [1.54, 1.807) is 36.4 Å². The molecule has 3 aromatic heterocycles. The number of aromatic nitrogens is 8. The zero-order valence-corrected chi connectivity index (χ0v) is 25.2. The fraction of sp³-hybridized carbons (Fsp3) is 0.194. The monoisotopic (exact) mass is 656 g/mol. The number of fused-ring (bicyclic) bond motifs is 1. The smallest absolute Gasteiger partial charge is 0.312 e. The number of amides is 1. The number of nitrogens with zero attached hydrogens (tertiary/aromatic N) is 5. The topological polar surface area (TPSA) is 207 Å². The van der Waals surface area contributed by atoms with Crippen molar-refractivity contribution in [2.75, 3.05) is 31.7 Å². The van der Waals surface area contributed by atoms with Crippen molar-refractivity contribution in [2.45, 2.75) is 13.1 Å². The molecule has 0 bridgehead atoms. The lowest BCUT2D eigenvalue weighted by Crippen LogP contribution is -2.28. The first-order valence-electron chi connectivity index (χ1n) is 14.7. The van der Waals surface area contributed by atoms with Gasteiger partial charge in [-0.1, -0.05) is 24.3 Å².